The highest BCUT2D eigenvalue weighted by atomic mass is 79.9. The van der Waals surface area contributed by atoms with Gasteiger partial charge in [0.2, 0.25) is 0 Å². The molecule has 0 fully saturated rings. The summed E-state index contributed by atoms with van der Waals surface area (Å²) >= 11 is 6.20. The van der Waals surface area contributed by atoms with E-state index in [9.17, 15) is 37.1 Å². The summed E-state index contributed by atoms with van der Waals surface area (Å²) < 4.78 is 71.5. The predicted molar refractivity (Wildman–Crippen MR) is 324 cm³/mol. The van der Waals surface area contributed by atoms with Crippen LogP contribution < -0.4 is 14.2 Å². The first-order valence-electron chi connectivity index (χ1n) is 25.2. The van der Waals surface area contributed by atoms with Crippen molar-refractivity contribution < 1.29 is 60.9 Å². The second kappa shape index (κ2) is 40.4. The Labute approximate surface area is 494 Å². The zero-order chi connectivity index (χ0) is 57.6. The Balaban J connectivity index is 0.00000117. The average molecular weight is 1250 g/mol. The minimum absolute atomic E-state index is 0. The highest BCUT2D eigenvalue weighted by Gasteiger charge is 2.28. The standard InChI is InChI=1S/C30H34FNO3.C15H17FO3.C11H12BrFO2.C6H4BrFO.3CH4/c1-22(33)11-10-18-35-30-17-16-27(20-28(30)31)29(19-23(2)34)32(21-25-12-6-4-7-13-25)24(3)26-14-8-5-9-15-26;1-11(17)4-3-9-19-15-8-7-13(10-14(15)16)6-5-12(2)18;1-8(14)3-2-6-15-11-5-4-9(12)7-10(11)13;7-4-1-2-6(9)5(8)3-4;;;/h4-9,12-17,20,24,29H,10-11,18-19,21H2,1-3H3;5-8,10H,3-4,9H2,1-2H3;4-5,7H,2-3,6H2,1H3;1-3,9H;3*1H4/b;6-5+;;;;;/t24-,29+;;;;;;/m1....../s1. The van der Waals surface area contributed by atoms with Crippen molar-refractivity contribution in [1.82, 2.24) is 4.90 Å². The lowest BCUT2D eigenvalue weighted by atomic mass is 9.95. The van der Waals surface area contributed by atoms with Crippen molar-refractivity contribution >= 4 is 66.9 Å². The minimum atomic E-state index is -0.607. The van der Waals surface area contributed by atoms with E-state index in [0.717, 1.165) is 16.7 Å². The van der Waals surface area contributed by atoms with E-state index in [-0.39, 0.29) is 99.3 Å². The molecule has 0 saturated carbocycles. The third-order valence-corrected chi connectivity index (χ3v) is 12.3. The Hall–Kier alpha value is -6.75. The van der Waals surface area contributed by atoms with Gasteiger partial charge in [0, 0.05) is 53.3 Å². The quantitative estimate of drug-likeness (QED) is 0.0335. The molecule has 0 unspecified atom stereocenters. The topological polar surface area (TPSA) is 137 Å². The predicted octanol–water partition coefficient (Wildman–Crippen LogP) is 17.6. The maximum Gasteiger partial charge on any atom is 0.166 e. The number of phenolic OH excluding ortho intramolecular Hbond substituents is 1. The molecule has 0 heterocycles. The van der Waals surface area contributed by atoms with Gasteiger partial charge in [0.05, 0.1) is 19.8 Å². The van der Waals surface area contributed by atoms with Gasteiger partial charge in [-0.2, -0.15) is 0 Å². The number of ketones is 5. The first kappa shape index (κ1) is 74.2. The molecule has 10 nitrogen and oxygen atoms in total. The van der Waals surface area contributed by atoms with Crippen LogP contribution in [0.3, 0.4) is 0 Å². The van der Waals surface area contributed by atoms with E-state index in [2.05, 4.69) is 67.9 Å². The summed E-state index contributed by atoms with van der Waals surface area (Å²) in [5.41, 5.74) is 3.58. The van der Waals surface area contributed by atoms with Gasteiger partial charge in [-0.05, 0) is 150 Å². The van der Waals surface area contributed by atoms with E-state index < -0.39 is 23.3 Å². The number of rotatable bonds is 25. The number of Topliss-reactive ketones (excluding diaryl/α,β-unsaturated/α-hetero) is 4. The van der Waals surface area contributed by atoms with Crippen molar-refractivity contribution in [3.63, 3.8) is 0 Å². The van der Waals surface area contributed by atoms with Crippen LogP contribution in [0.4, 0.5) is 17.6 Å². The summed E-state index contributed by atoms with van der Waals surface area (Å²) in [6.45, 7) is 11.2. The Morgan fingerprint density at radius 1 is 0.531 bits per heavy atom. The molecule has 1 N–H and O–H groups in total. The number of halogens is 6. The summed E-state index contributed by atoms with van der Waals surface area (Å²) in [4.78, 5) is 57.9. The van der Waals surface area contributed by atoms with Gasteiger partial charge in [0.25, 0.3) is 0 Å². The molecule has 0 aromatic heterocycles. The van der Waals surface area contributed by atoms with Crippen LogP contribution in [0.15, 0.2) is 148 Å². The fraction of sp³-hybridized carbons (Fsp3) is 0.338. The van der Waals surface area contributed by atoms with Gasteiger partial charge < -0.3 is 33.7 Å². The molecule has 0 aliphatic rings. The molecule has 6 aromatic carbocycles. The van der Waals surface area contributed by atoms with Crippen LogP contribution in [0.1, 0.15) is 143 Å². The van der Waals surface area contributed by atoms with Crippen LogP contribution in [0.25, 0.3) is 6.08 Å². The number of carbonyl (C=O) groups is 5. The van der Waals surface area contributed by atoms with Crippen molar-refractivity contribution in [3.05, 3.63) is 194 Å². The monoisotopic (exact) mass is 1250 g/mol. The number of aromatic hydroxyl groups is 1. The second-order valence-corrected chi connectivity index (χ2v) is 20.0. The average Bonchev–Trinajstić information content (AvgIpc) is 3.39. The van der Waals surface area contributed by atoms with Gasteiger partial charge >= 0.3 is 0 Å². The molecule has 0 spiro atoms. The van der Waals surface area contributed by atoms with Crippen LogP contribution in [0.5, 0.6) is 23.0 Å². The fourth-order valence-corrected chi connectivity index (χ4v) is 7.98. The third kappa shape index (κ3) is 30.0. The van der Waals surface area contributed by atoms with Gasteiger partial charge in [-0.1, -0.05) is 133 Å². The third-order valence-electron chi connectivity index (χ3n) is 11.3. The van der Waals surface area contributed by atoms with E-state index in [1.807, 2.05) is 42.5 Å². The number of hydrogen-bond acceptors (Lipinski definition) is 10. The Bertz CT molecular complexity index is 2890. The van der Waals surface area contributed by atoms with Gasteiger partial charge in [-0.15, -0.1) is 0 Å². The van der Waals surface area contributed by atoms with Crippen LogP contribution in [-0.4, -0.2) is 58.7 Å². The number of benzene rings is 6. The Morgan fingerprint density at radius 2 is 0.963 bits per heavy atom. The molecule has 6 rings (SSSR count). The number of nitrogens with zero attached hydrogens (tertiary/aromatic N) is 1. The van der Waals surface area contributed by atoms with Crippen LogP contribution in [0, 0.1) is 23.3 Å². The number of hydrogen-bond donors (Lipinski definition) is 1. The summed E-state index contributed by atoms with van der Waals surface area (Å²) in [6.07, 6.45) is 6.23. The smallest absolute Gasteiger partial charge is 0.166 e. The first-order valence-corrected chi connectivity index (χ1v) is 26.8. The molecule has 0 aliphatic heterocycles. The molecule has 6 aromatic rings. The van der Waals surface area contributed by atoms with Crippen LogP contribution >= 0.6 is 31.9 Å². The number of ether oxygens (including phenoxy) is 3. The van der Waals surface area contributed by atoms with E-state index in [1.165, 1.54) is 70.2 Å². The maximum atomic E-state index is 15.1. The molecule has 16 heteroatoms. The molecule has 0 saturated heterocycles. The highest BCUT2D eigenvalue weighted by molar-refractivity contribution is 9.10. The SMILES string of the molecule is C.C.C.CC(=O)/C=C/c1ccc(OCCCC(C)=O)c(F)c1.CC(=O)CCCOc1ccc(Br)cc1F.CC(=O)CCCOc1ccc([C@H](CC(C)=O)N(Cc2ccccc2)[C@H](C)c2ccccc2)cc1F.Oc1ccc(Br)cc1F. The van der Waals surface area contributed by atoms with Crippen molar-refractivity contribution in [1.29, 1.82) is 0 Å². The summed E-state index contributed by atoms with van der Waals surface area (Å²) in [7, 11) is 0. The summed E-state index contributed by atoms with van der Waals surface area (Å²) in [6, 6.07) is 38.0. The minimum Gasteiger partial charge on any atom is -0.505 e. The number of carbonyl (C=O) groups excluding carboxylic acids is 5. The maximum absolute atomic E-state index is 15.1. The van der Waals surface area contributed by atoms with E-state index >= 15 is 4.39 Å². The zero-order valence-corrected chi connectivity index (χ0v) is 47.9. The lowest BCUT2D eigenvalue weighted by molar-refractivity contribution is -0.119. The van der Waals surface area contributed by atoms with Crippen LogP contribution in [0.2, 0.25) is 0 Å². The van der Waals surface area contributed by atoms with Gasteiger partial charge in [-0.25, -0.2) is 17.6 Å². The van der Waals surface area contributed by atoms with E-state index in [0.29, 0.717) is 72.8 Å². The van der Waals surface area contributed by atoms with Crippen molar-refractivity contribution in [2.45, 2.75) is 127 Å². The van der Waals surface area contributed by atoms with Crippen molar-refractivity contribution in [2.75, 3.05) is 19.8 Å². The molecule has 440 valence electrons. The molecule has 0 bridgehead atoms. The van der Waals surface area contributed by atoms with Gasteiger partial charge in [-0.3, -0.25) is 14.5 Å². The Morgan fingerprint density at radius 3 is 1.38 bits per heavy atom. The summed E-state index contributed by atoms with van der Waals surface area (Å²) in [5.74, 6) is -1.49. The number of allylic oxidation sites excluding steroid dienone is 1. The molecule has 0 radical (unpaired) electrons. The zero-order valence-electron chi connectivity index (χ0n) is 44.7. The van der Waals surface area contributed by atoms with Crippen LogP contribution in [-0.2, 0) is 30.5 Å². The van der Waals surface area contributed by atoms with E-state index in [4.69, 9.17) is 19.3 Å². The van der Waals surface area contributed by atoms with Gasteiger partial charge in [0.15, 0.2) is 52.1 Å². The van der Waals surface area contributed by atoms with Crippen molar-refractivity contribution in [2.24, 2.45) is 0 Å². The lowest BCUT2D eigenvalue weighted by Gasteiger charge is -2.37. The largest absolute Gasteiger partial charge is 0.505 e. The van der Waals surface area contributed by atoms with E-state index in [1.54, 1.807) is 43.3 Å². The molecular weight excluding hydrogens is 1170 g/mol. The molecule has 81 heavy (non-hydrogen) atoms. The molecule has 2 atom stereocenters. The Kier molecular flexibility index (Phi) is 37.1. The first-order chi connectivity index (χ1) is 37.1. The molecule has 0 aliphatic carbocycles. The second-order valence-electron chi connectivity index (χ2n) is 18.1. The highest BCUT2D eigenvalue weighted by Crippen LogP contribution is 2.36. The van der Waals surface area contributed by atoms with Gasteiger partial charge in [0.1, 0.15) is 23.1 Å². The lowest BCUT2D eigenvalue weighted by Crippen LogP contribution is -2.32. The summed E-state index contributed by atoms with van der Waals surface area (Å²) in [5, 5.41) is 8.65. The van der Waals surface area contributed by atoms with Crippen molar-refractivity contribution in [3.8, 4) is 23.0 Å². The molecular formula is C65H79Br2F4NO9. The number of phenols is 1. The fourth-order valence-electron chi connectivity index (χ4n) is 7.31. The molecule has 0 amide bonds. The normalized spacial score (nSPS) is 11.0.